The fourth-order valence-corrected chi connectivity index (χ4v) is 10.9. The first kappa shape index (κ1) is 28.7. The average Bonchev–Trinajstić information content (AvgIpc) is 3.32. The van der Waals surface area contributed by atoms with Crippen molar-refractivity contribution < 1.29 is 15.0 Å². The number of aliphatic hydroxyl groups is 2. The number of piperazine rings is 1. The van der Waals surface area contributed by atoms with Gasteiger partial charge in [0.2, 0.25) is 5.91 Å². The van der Waals surface area contributed by atoms with Gasteiger partial charge < -0.3 is 15.1 Å². The molecule has 6 rings (SSSR count). The highest BCUT2D eigenvalue weighted by atomic mass is 16.3. The SMILES string of the molecule is C[C@H](CCC(=O)N1CCN(Cc2ccccc2)CC1)[C@H]1CC[C@H]2[C@@H]3CC[C@@H]4C[C@H](O)CC[C@]4(C)[C@H]3C[C@H](O)[C@]12C. The van der Waals surface area contributed by atoms with Gasteiger partial charge in [-0.25, -0.2) is 0 Å². The summed E-state index contributed by atoms with van der Waals surface area (Å²) in [7, 11) is 0. The molecule has 40 heavy (non-hydrogen) atoms. The van der Waals surface area contributed by atoms with Crippen LogP contribution in [-0.4, -0.2) is 64.3 Å². The van der Waals surface area contributed by atoms with Gasteiger partial charge in [-0.1, -0.05) is 51.1 Å². The van der Waals surface area contributed by atoms with E-state index in [-0.39, 0.29) is 23.0 Å². The van der Waals surface area contributed by atoms with Gasteiger partial charge >= 0.3 is 0 Å². The van der Waals surface area contributed by atoms with Gasteiger partial charge in [0.15, 0.2) is 0 Å². The van der Waals surface area contributed by atoms with Crippen molar-refractivity contribution in [3.05, 3.63) is 35.9 Å². The highest BCUT2D eigenvalue weighted by molar-refractivity contribution is 5.76. The van der Waals surface area contributed by atoms with Gasteiger partial charge in [0, 0.05) is 39.1 Å². The van der Waals surface area contributed by atoms with Crippen LogP contribution in [0.15, 0.2) is 30.3 Å². The molecule has 4 saturated carbocycles. The van der Waals surface area contributed by atoms with Crippen LogP contribution in [0.1, 0.15) is 90.5 Å². The number of nitrogens with zero attached hydrogens (tertiary/aromatic N) is 2. The highest BCUT2D eigenvalue weighted by Crippen LogP contribution is 2.68. The van der Waals surface area contributed by atoms with E-state index in [2.05, 4.69) is 60.9 Å². The molecule has 1 aliphatic heterocycles. The third-order valence-corrected chi connectivity index (χ3v) is 13.3. The minimum atomic E-state index is -0.246. The second kappa shape index (κ2) is 11.3. The summed E-state index contributed by atoms with van der Waals surface area (Å²) in [6.07, 6.45) is 10.2. The minimum absolute atomic E-state index is 0.0237. The maximum Gasteiger partial charge on any atom is 0.222 e. The predicted molar refractivity (Wildman–Crippen MR) is 159 cm³/mol. The van der Waals surface area contributed by atoms with Crippen LogP contribution >= 0.6 is 0 Å². The molecular formula is C35H54N2O3. The van der Waals surface area contributed by atoms with Crippen LogP contribution in [0.5, 0.6) is 0 Å². The zero-order valence-corrected chi connectivity index (χ0v) is 25.3. The molecule has 1 saturated heterocycles. The number of rotatable bonds is 6. The van der Waals surface area contributed by atoms with Crippen LogP contribution < -0.4 is 0 Å². The Balaban J connectivity index is 1.03. The lowest BCUT2D eigenvalue weighted by Gasteiger charge is -2.62. The van der Waals surface area contributed by atoms with E-state index in [0.29, 0.717) is 41.9 Å². The van der Waals surface area contributed by atoms with E-state index < -0.39 is 0 Å². The summed E-state index contributed by atoms with van der Waals surface area (Å²) in [5.74, 6) is 3.83. The van der Waals surface area contributed by atoms with E-state index in [1.54, 1.807) is 0 Å². The summed E-state index contributed by atoms with van der Waals surface area (Å²) in [4.78, 5) is 17.8. The average molecular weight is 551 g/mol. The number of hydrogen-bond donors (Lipinski definition) is 2. The molecule has 0 aromatic heterocycles. The quantitative estimate of drug-likeness (QED) is 0.474. The molecule has 5 fully saturated rings. The third-order valence-electron chi connectivity index (χ3n) is 13.3. The highest BCUT2D eigenvalue weighted by Gasteiger charge is 2.63. The van der Waals surface area contributed by atoms with Crippen LogP contribution in [-0.2, 0) is 11.3 Å². The summed E-state index contributed by atoms with van der Waals surface area (Å²) in [5.41, 5.74) is 1.60. The maximum atomic E-state index is 13.2. The molecule has 4 aliphatic carbocycles. The lowest BCUT2D eigenvalue weighted by atomic mass is 9.43. The van der Waals surface area contributed by atoms with Crippen molar-refractivity contribution in [3.63, 3.8) is 0 Å². The summed E-state index contributed by atoms with van der Waals surface area (Å²) in [6.45, 7) is 11.8. The number of amides is 1. The summed E-state index contributed by atoms with van der Waals surface area (Å²) in [5, 5.41) is 22.2. The van der Waals surface area contributed by atoms with Crippen molar-refractivity contribution in [3.8, 4) is 0 Å². The van der Waals surface area contributed by atoms with Gasteiger partial charge in [0.1, 0.15) is 0 Å². The van der Waals surface area contributed by atoms with Crippen molar-refractivity contribution in [2.75, 3.05) is 26.2 Å². The van der Waals surface area contributed by atoms with Crippen LogP contribution in [0.4, 0.5) is 0 Å². The number of carbonyl (C=O) groups excluding carboxylic acids is 1. The van der Waals surface area contributed by atoms with Crippen LogP contribution in [0.2, 0.25) is 0 Å². The van der Waals surface area contributed by atoms with Crippen molar-refractivity contribution in [2.24, 2.45) is 46.3 Å². The van der Waals surface area contributed by atoms with Crippen molar-refractivity contribution in [2.45, 2.75) is 104 Å². The van der Waals surface area contributed by atoms with Crippen LogP contribution in [0.3, 0.4) is 0 Å². The van der Waals surface area contributed by atoms with Gasteiger partial charge in [-0.3, -0.25) is 9.69 Å². The van der Waals surface area contributed by atoms with Crippen LogP contribution in [0.25, 0.3) is 0 Å². The Morgan fingerprint density at radius 3 is 2.45 bits per heavy atom. The number of carbonyl (C=O) groups is 1. The van der Waals surface area contributed by atoms with E-state index in [1.165, 1.54) is 31.2 Å². The molecule has 10 atom stereocenters. The number of benzene rings is 1. The predicted octanol–water partition coefficient (Wildman–Crippen LogP) is 5.74. The second-order valence-corrected chi connectivity index (χ2v) is 15.0. The smallest absolute Gasteiger partial charge is 0.222 e. The Kier molecular flexibility index (Phi) is 8.13. The zero-order chi connectivity index (χ0) is 28.1. The topological polar surface area (TPSA) is 64.0 Å². The molecule has 2 N–H and O–H groups in total. The Morgan fingerprint density at radius 2 is 1.70 bits per heavy atom. The summed E-state index contributed by atoms with van der Waals surface area (Å²) in [6, 6.07) is 10.6. The van der Waals surface area contributed by atoms with E-state index in [0.717, 1.165) is 70.7 Å². The summed E-state index contributed by atoms with van der Waals surface area (Å²) >= 11 is 0. The molecule has 0 radical (unpaired) electrons. The van der Waals surface area contributed by atoms with E-state index >= 15 is 0 Å². The Labute approximate surface area is 242 Å². The molecule has 0 spiro atoms. The largest absolute Gasteiger partial charge is 0.393 e. The first-order chi connectivity index (χ1) is 19.2. The first-order valence-electron chi connectivity index (χ1n) is 16.6. The maximum absolute atomic E-state index is 13.2. The normalized spacial score (nSPS) is 42.5. The molecule has 1 heterocycles. The lowest BCUT2D eigenvalue weighted by Crippen LogP contribution is -2.58. The van der Waals surface area contributed by atoms with Gasteiger partial charge in [-0.2, -0.15) is 0 Å². The fourth-order valence-electron chi connectivity index (χ4n) is 10.9. The zero-order valence-electron chi connectivity index (χ0n) is 25.3. The first-order valence-corrected chi connectivity index (χ1v) is 16.6. The van der Waals surface area contributed by atoms with E-state index in [1.807, 2.05) is 0 Å². The molecule has 1 aromatic carbocycles. The Morgan fingerprint density at radius 1 is 0.950 bits per heavy atom. The number of aliphatic hydroxyl groups excluding tert-OH is 2. The molecule has 5 aliphatic rings. The van der Waals surface area contributed by atoms with E-state index in [4.69, 9.17) is 0 Å². The monoisotopic (exact) mass is 550 g/mol. The molecule has 5 heteroatoms. The lowest BCUT2D eigenvalue weighted by molar-refractivity contribution is -0.175. The third kappa shape index (κ3) is 5.07. The number of hydrogen-bond acceptors (Lipinski definition) is 4. The van der Waals surface area contributed by atoms with Crippen molar-refractivity contribution in [1.82, 2.24) is 9.80 Å². The molecule has 0 unspecified atom stereocenters. The second-order valence-electron chi connectivity index (χ2n) is 15.0. The van der Waals surface area contributed by atoms with E-state index in [9.17, 15) is 15.0 Å². The van der Waals surface area contributed by atoms with Crippen molar-refractivity contribution >= 4 is 5.91 Å². The van der Waals surface area contributed by atoms with Crippen LogP contribution in [0, 0.1) is 46.3 Å². The standard InChI is InChI=1S/C35H54N2O3/c1-24(9-14-33(40)37-19-17-36(18-20-37)23-25-7-5-4-6-8-25)29-12-13-30-28-11-10-26-21-27(38)15-16-34(26,2)31(28)22-32(39)35(29,30)3/h4-8,24,26-32,38-39H,9-23H2,1-3H3/t24-,26-,27-,28+,29-,30+,31+,32+,34+,35-/m1/s1. The van der Waals surface area contributed by atoms with Gasteiger partial charge in [0.25, 0.3) is 0 Å². The number of fused-ring (bicyclic) bond motifs is 5. The molecule has 1 aromatic rings. The van der Waals surface area contributed by atoms with Gasteiger partial charge in [-0.15, -0.1) is 0 Å². The Bertz CT molecular complexity index is 1020. The molecule has 1 amide bonds. The molecule has 0 bridgehead atoms. The molecule has 222 valence electrons. The molecular weight excluding hydrogens is 496 g/mol. The van der Waals surface area contributed by atoms with Crippen molar-refractivity contribution in [1.29, 1.82) is 0 Å². The Hall–Kier alpha value is -1.43. The summed E-state index contributed by atoms with van der Waals surface area (Å²) < 4.78 is 0. The fraction of sp³-hybridized carbons (Fsp3) is 0.800. The van der Waals surface area contributed by atoms with Gasteiger partial charge in [0.05, 0.1) is 12.2 Å². The minimum Gasteiger partial charge on any atom is -0.393 e. The van der Waals surface area contributed by atoms with Gasteiger partial charge in [-0.05, 0) is 110 Å². The molecule has 5 nitrogen and oxygen atoms in total.